The van der Waals surface area contributed by atoms with Gasteiger partial charge in [-0.05, 0) is 35.2 Å². The zero-order valence-electron chi connectivity index (χ0n) is 19.5. The van der Waals surface area contributed by atoms with Gasteiger partial charge in [-0.15, -0.1) is 0 Å². The predicted molar refractivity (Wildman–Crippen MR) is 136 cm³/mol. The van der Waals surface area contributed by atoms with Crippen molar-refractivity contribution in [3.05, 3.63) is 88.1 Å². The Labute approximate surface area is 209 Å². The molecule has 0 saturated carbocycles. The SMILES string of the molecule is COc1ccc([C@@H]2CC(=O)Oc3cc(O)c4c(=O)cc(-c5ccc(O)c(O)c5)oc4c32)c2ccccc12. The monoisotopic (exact) mass is 496 g/mol. The van der Waals surface area contributed by atoms with Gasteiger partial charge >= 0.3 is 5.97 Å². The van der Waals surface area contributed by atoms with Crippen LogP contribution in [0, 0.1) is 0 Å². The molecule has 1 aliphatic rings. The standard InChI is InChI=1S/C29H20O8/c1-35-23-9-7-16(15-4-2-3-5-17(15)23)18-11-26(34)36-25-13-22(33)28-21(32)12-24(37-29(28)27(18)25)14-6-8-19(30)20(31)10-14/h2-10,12-13,18,30-31,33H,11H2,1H3/t18-/m0/s1. The number of carbonyl (C=O) groups is 1. The third-order valence-corrected chi connectivity index (χ3v) is 6.70. The van der Waals surface area contributed by atoms with E-state index in [1.807, 2.05) is 36.4 Å². The number of benzene rings is 4. The molecule has 37 heavy (non-hydrogen) atoms. The van der Waals surface area contributed by atoms with E-state index in [-0.39, 0.29) is 46.1 Å². The highest BCUT2D eigenvalue weighted by molar-refractivity contribution is 5.96. The minimum absolute atomic E-state index is 0.0167. The van der Waals surface area contributed by atoms with Crippen LogP contribution in [0.1, 0.15) is 23.5 Å². The Morgan fingerprint density at radius 3 is 2.41 bits per heavy atom. The molecule has 6 rings (SSSR count). The van der Waals surface area contributed by atoms with Gasteiger partial charge in [0.2, 0.25) is 0 Å². The molecule has 3 N–H and O–H groups in total. The van der Waals surface area contributed by atoms with Crippen molar-refractivity contribution in [3.63, 3.8) is 0 Å². The molecule has 4 aromatic carbocycles. The first kappa shape index (κ1) is 22.5. The maximum Gasteiger partial charge on any atom is 0.312 e. The number of phenols is 3. The number of methoxy groups -OCH3 is 1. The van der Waals surface area contributed by atoms with E-state index in [4.69, 9.17) is 13.9 Å². The Kier molecular flexibility index (Phi) is 5.05. The highest BCUT2D eigenvalue weighted by Gasteiger charge is 2.34. The molecular weight excluding hydrogens is 476 g/mol. The van der Waals surface area contributed by atoms with E-state index < -0.39 is 17.3 Å². The van der Waals surface area contributed by atoms with E-state index >= 15 is 0 Å². The van der Waals surface area contributed by atoms with Gasteiger partial charge in [0, 0.05) is 34.6 Å². The number of hydrogen-bond acceptors (Lipinski definition) is 8. The van der Waals surface area contributed by atoms with Gasteiger partial charge in [0.25, 0.3) is 0 Å². The average molecular weight is 496 g/mol. The summed E-state index contributed by atoms with van der Waals surface area (Å²) in [6, 6.07) is 17.8. The molecule has 1 atom stereocenters. The molecule has 8 heteroatoms. The fourth-order valence-electron chi connectivity index (χ4n) is 5.02. The summed E-state index contributed by atoms with van der Waals surface area (Å²) in [5.41, 5.74) is 1.15. The molecule has 1 aliphatic heterocycles. The summed E-state index contributed by atoms with van der Waals surface area (Å²) in [6.45, 7) is 0. The van der Waals surface area contributed by atoms with Gasteiger partial charge in [0.05, 0.1) is 13.5 Å². The molecule has 0 amide bonds. The van der Waals surface area contributed by atoms with Gasteiger partial charge in [-0.1, -0.05) is 30.3 Å². The molecule has 1 aromatic heterocycles. The summed E-state index contributed by atoms with van der Waals surface area (Å²) in [5, 5.41) is 32.0. The van der Waals surface area contributed by atoms with Crippen molar-refractivity contribution in [2.75, 3.05) is 7.11 Å². The van der Waals surface area contributed by atoms with Crippen LogP contribution in [0.3, 0.4) is 0 Å². The first-order chi connectivity index (χ1) is 17.9. The smallest absolute Gasteiger partial charge is 0.312 e. The molecule has 5 aromatic rings. The molecule has 0 saturated heterocycles. The van der Waals surface area contributed by atoms with Gasteiger partial charge in [-0.2, -0.15) is 0 Å². The Bertz CT molecular complexity index is 1800. The van der Waals surface area contributed by atoms with Crippen molar-refractivity contribution in [1.82, 2.24) is 0 Å². The van der Waals surface area contributed by atoms with Crippen molar-refractivity contribution in [2.45, 2.75) is 12.3 Å². The number of esters is 1. The van der Waals surface area contributed by atoms with E-state index in [9.17, 15) is 24.9 Å². The lowest BCUT2D eigenvalue weighted by Gasteiger charge is -2.27. The third-order valence-electron chi connectivity index (χ3n) is 6.70. The minimum Gasteiger partial charge on any atom is -0.507 e. The van der Waals surface area contributed by atoms with Crippen LogP contribution in [0.25, 0.3) is 33.1 Å². The summed E-state index contributed by atoms with van der Waals surface area (Å²) >= 11 is 0. The second-order valence-corrected chi connectivity index (χ2v) is 8.82. The number of hydrogen-bond donors (Lipinski definition) is 3. The van der Waals surface area contributed by atoms with Crippen LogP contribution < -0.4 is 14.9 Å². The second-order valence-electron chi connectivity index (χ2n) is 8.82. The van der Waals surface area contributed by atoms with Crippen LogP contribution in [0.2, 0.25) is 0 Å². The molecule has 8 nitrogen and oxygen atoms in total. The van der Waals surface area contributed by atoms with Gasteiger partial charge in [0.15, 0.2) is 16.9 Å². The largest absolute Gasteiger partial charge is 0.507 e. The van der Waals surface area contributed by atoms with Crippen LogP contribution in [0.5, 0.6) is 28.7 Å². The number of fused-ring (bicyclic) bond motifs is 4. The predicted octanol–water partition coefficient (Wildman–Crippen LogP) is 5.18. The maximum atomic E-state index is 13.2. The molecule has 0 aliphatic carbocycles. The summed E-state index contributed by atoms with van der Waals surface area (Å²) in [5.74, 6) is -1.24. The molecule has 0 bridgehead atoms. The van der Waals surface area contributed by atoms with E-state index in [0.717, 1.165) is 16.3 Å². The molecule has 0 spiro atoms. The number of phenolic OH excluding ortho intramolecular Hbond substituents is 3. The van der Waals surface area contributed by atoms with Crippen molar-refractivity contribution < 1.29 is 34.0 Å². The molecule has 0 radical (unpaired) electrons. The Morgan fingerprint density at radius 1 is 0.865 bits per heavy atom. The summed E-state index contributed by atoms with van der Waals surface area (Å²) in [6.07, 6.45) is -0.0167. The topological polar surface area (TPSA) is 126 Å². The van der Waals surface area contributed by atoms with Crippen LogP contribution in [-0.4, -0.2) is 28.4 Å². The second kappa shape index (κ2) is 8.30. The van der Waals surface area contributed by atoms with Crippen LogP contribution in [-0.2, 0) is 4.79 Å². The zero-order valence-corrected chi connectivity index (χ0v) is 19.5. The lowest BCUT2D eigenvalue weighted by molar-refractivity contribution is -0.135. The summed E-state index contributed by atoms with van der Waals surface area (Å²) in [4.78, 5) is 25.8. The fourth-order valence-corrected chi connectivity index (χ4v) is 5.02. The Balaban J connectivity index is 1.67. The summed E-state index contributed by atoms with van der Waals surface area (Å²) < 4.78 is 17.2. The van der Waals surface area contributed by atoms with Crippen LogP contribution in [0.4, 0.5) is 0 Å². The molecule has 0 unspecified atom stereocenters. The Morgan fingerprint density at radius 2 is 1.65 bits per heavy atom. The van der Waals surface area contributed by atoms with E-state index in [0.29, 0.717) is 16.9 Å². The summed E-state index contributed by atoms with van der Waals surface area (Å²) in [7, 11) is 1.59. The van der Waals surface area contributed by atoms with Crippen LogP contribution in [0.15, 0.2) is 75.9 Å². The minimum atomic E-state index is -0.554. The van der Waals surface area contributed by atoms with Crippen molar-refractivity contribution in [3.8, 4) is 40.1 Å². The van der Waals surface area contributed by atoms with Gasteiger partial charge in [-0.3, -0.25) is 9.59 Å². The molecular formula is C29H20O8. The van der Waals surface area contributed by atoms with Gasteiger partial charge < -0.3 is 29.2 Å². The molecule has 0 fully saturated rings. The van der Waals surface area contributed by atoms with Crippen LogP contribution >= 0.6 is 0 Å². The Hall–Kier alpha value is -4.98. The molecule has 2 heterocycles. The van der Waals surface area contributed by atoms with E-state index in [1.54, 1.807) is 7.11 Å². The lowest BCUT2D eigenvalue weighted by atomic mass is 9.82. The van der Waals surface area contributed by atoms with Crippen molar-refractivity contribution >= 4 is 27.7 Å². The van der Waals surface area contributed by atoms with Crippen molar-refractivity contribution in [2.24, 2.45) is 0 Å². The number of aromatic hydroxyl groups is 3. The number of ether oxygens (including phenoxy) is 2. The highest BCUT2D eigenvalue weighted by Crippen LogP contribution is 2.48. The average Bonchev–Trinajstić information content (AvgIpc) is 2.88. The highest BCUT2D eigenvalue weighted by atomic mass is 16.5. The van der Waals surface area contributed by atoms with Gasteiger partial charge in [0.1, 0.15) is 34.0 Å². The van der Waals surface area contributed by atoms with E-state index in [2.05, 4.69) is 0 Å². The third kappa shape index (κ3) is 3.53. The normalized spacial score (nSPS) is 14.9. The van der Waals surface area contributed by atoms with Crippen molar-refractivity contribution in [1.29, 1.82) is 0 Å². The van der Waals surface area contributed by atoms with E-state index in [1.165, 1.54) is 30.3 Å². The molecule has 184 valence electrons. The maximum absolute atomic E-state index is 13.2. The number of carbonyl (C=O) groups excluding carboxylic acids is 1. The number of rotatable bonds is 3. The first-order valence-corrected chi connectivity index (χ1v) is 11.5. The quantitative estimate of drug-likeness (QED) is 0.177. The lowest BCUT2D eigenvalue weighted by Crippen LogP contribution is -2.22. The zero-order chi connectivity index (χ0) is 25.8. The first-order valence-electron chi connectivity index (χ1n) is 11.5. The van der Waals surface area contributed by atoms with Gasteiger partial charge in [-0.25, -0.2) is 0 Å². The fraction of sp³-hybridized carbons (Fsp3) is 0.103.